The molecular formula is C10H16N4O3S. The molecule has 0 saturated heterocycles. The fraction of sp³-hybridized carbons (Fsp3) is 0.500. The second-order valence-corrected chi connectivity index (χ2v) is 4.55. The van der Waals surface area contributed by atoms with Crippen molar-refractivity contribution < 1.29 is 14.7 Å². The van der Waals surface area contributed by atoms with Gasteiger partial charge >= 0.3 is 12.0 Å². The van der Waals surface area contributed by atoms with E-state index in [0.29, 0.717) is 12.2 Å². The number of aromatic amines is 1. The number of amides is 2. The largest absolute Gasteiger partial charge is 0.480 e. The molecular weight excluding hydrogens is 256 g/mol. The summed E-state index contributed by atoms with van der Waals surface area (Å²) in [5.41, 5.74) is 0.659. The third-order valence-electron chi connectivity index (χ3n) is 2.17. The van der Waals surface area contributed by atoms with E-state index < -0.39 is 18.0 Å². The number of hydrogen-bond acceptors (Lipinski definition) is 4. The summed E-state index contributed by atoms with van der Waals surface area (Å²) < 4.78 is 0. The molecule has 2 amide bonds. The van der Waals surface area contributed by atoms with Gasteiger partial charge in [-0.15, -0.1) is 0 Å². The molecule has 0 aliphatic rings. The Morgan fingerprint density at radius 2 is 2.39 bits per heavy atom. The summed E-state index contributed by atoms with van der Waals surface area (Å²) in [5.74, 6) is -0.296. The van der Waals surface area contributed by atoms with Gasteiger partial charge in [0, 0.05) is 30.6 Å². The maximum Gasteiger partial charge on any atom is 0.326 e. The zero-order chi connectivity index (χ0) is 13.4. The first kappa shape index (κ1) is 14.4. The van der Waals surface area contributed by atoms with Crippen molar-refractivity contribution in [3.05, 3.63) is 18.2 Å². The van der Waals surface area contributed by atoms with E-state index in [1.165, 1.54) is 12.5 Å². The number of carboxylic acid groups (broad SMARTS) is 1. The fourth-order valence-electron chi connectivity index (χ4n) is 1.29. The lowest BCUT2D eigenvalue weighted by atomic mass is 10.2. The summed E-state index contributed by atoms with van der Waals surface area (Å²) in [5, 5.41) is 14.0. The van der Waals surface area contributed by atoms with Crippen molar-refractivity contribution >= 4 is 23.8 Å². The van der Waals surface area contributed by atoms with E-state index in [1.54, 1.807) is 11.8 Å². The van der Waals surface area contributed by atoms with Crippen molar-refractivity contribution in [3.8, 4) is 0 Å². The van der Waals surface area contributed by atoms with E-state index >= 15 is 0 Å². The summed E-state index contributed by atoms with van der Waals surface area (Å²) in [6.07, 6.45) is 5.10. The third-order valence-corrected chi connectivity index (χ3v) is 2.79. The standard InChI is InChI=1S/C10H16N4O3S/c1-18-3-2-12-10(17)14-8(9(15)16)4-7-5-11-6-13-7/h5-6,8H,2-4H2,1H3,(H,11,13)(H,15,16)(H2,12,14,17). The first-order valence-corrected chi connectivity index (χ1v) is 6.76. The molecule has 0 spiro atoms. The molecule has 0 aliphatic carbocycles. The normalized spacial score (nSPS) is 11.8. The number of hydrogen-bond donors (Lipinski definition) is 4. The van der Waals surface area contributed by atoms with Crippen molar-refractivity contribution in [2.24, 2.45) is 0 Å². The van der Waals surface area contributed by atoms with Crippen LogP contribution in [-0.4, -0.2) is 51.7 Å². The highest BCUT2D eigenvalue weighted by Crippen LogP contribution is 1.98. The van der Waals surface area contributed by atoms with Gasteiger partial charge in [0.1, 0.15) is 6.04 Å². The summed E-state index contributed by atoms with van der Waals surface area (Å²) in [7, 11) is 0. The molecule has 18 heavy (non-hydrogen) atoms. The number of urea groups is 1. The molecule has 8 heteroatoms. The van der Waals surface area contributed by atoms with E-state index in [1.807, 2.05) is 6.26 Å². The summed E-state index contributed by atoms with van der Waals surface area (Å²) in [6, 6.07) is -1.45. The maximum atomic E-state index is 11.4. The van der Waals surface area contributed by atoms with E-state index in [0.717, 1.165) is 5.75 Å². The Hall–Kier alpha value is -1.70. The number of rotatable bonds is 7. The molecule has 1 aromatic rings. The van der Waals surface area contributed by atoms with Crippen LogP contribution in [0.2, 0.25) is 0 Å². The SMILES string of the molecule is CSCCNC(=O)NC(Cc1cnc[nH]1)C(=O)O. The molecule has 100 valence electrons. The van der Waals surface area contributed by atoms with Crippen molar-refractivity contribution in [2.75, 3.05) is 18.6 Å². The van der Waals surface area contributed by atoms with Gasteiger partial charge in [0.15, 0.2) is 0 Å². The average Bonchev–Trinajstić information content (AvgIpc) is 2.81. The van der Waals surface area contributed by atoms with E-state index in [2.05, 4.69) is 20.6 Å². The number of nitrogens with one attached hydrogen (secondary N) is 3. The van der Waals surface area contributed by atoms with Crippen LogP contribution in [-0.2, 0) is 11.2 Å². The van der Waals surface area contributed by atoms with Gasteiger partial charge in [-0.1, -0.05) is 0 Å². The molecule has 0 aliphatic heterocycles. The van der Waals surface area contributed by atoms with E-state index in [-0.39, 0.29) is 6.42 Å². The Kier molecular flexibility index (Phi) is 6.06. The fourth-order valence-corrected chi connectivity index (χ4v) is 1.60. The average molecular weight is 272 g/mol. The summed E-state index contributed by atoms with van der Waals surface area (Å²) >= 11 is 1.60. The predicted octanol–water partition coefficient (Wildman–Crippen LogP) is 0.0676. The number of carbonyl (C=O) groups excluding carboxylic acids is 1. The quantitative estimate of drug-likeness (QED) is 0.525. The summed E-state index contributed by atoms with van der Waals surface area (Å²) in [4.78, 5) is 29.0. The van der Waals surface area contributed by atoms with Crippen LogP contribution in [0.5, 0.6) is 0 Å². The van der Waals surface area contributed by atoms with Gasteiger partial charge in [0.2, 0.25) is 0 Å². The number of nitrogens with zero attached hydrogens (tertiary/aromatic N) is 1. The first-order chi connectivity index (χ1) is 8.63. The molecule has 1 rings (SSSR count). The molecule has 0 radical (unpaired) electrons. The highest BCUT2D eigenvalue weighted by atomic mass is 32.2. The number of thioether (sulfide) groups is 1. The van der Waals surface area contributed by atoms with Crippen LogP contribution in [0.15, 0.2) is 12.5 Å². The molecule has 0 aromatic carbocycles. The molecule has 1 heterocycles. The minimum Gasteiger partial charge on any atom is -0.480 e. The van der Waals surface area contributed by atoms with Crippen molar-refractivity contribution in [1.82, 2.24) is 20.6 Å². The number of H-pyrrole nitrogens is 1. The molecule has 1 aromatic heterocycles. The van der Waals surface area contributed by atoms with Crippen LogP contribution in [0, 0.1) is 0 Å². The number of aromatic nitrogens is 2. The number of carbonyl (C=O) groups is 2. The maximum absolute atomic E-state index is 11.4. The number of aliphatic carboxylic acids is 1. The second-order valence-electron chi connectivity index (χ2n) is 3.56. The zero-order valence-corrected chi connectivity index (χ0v) is 10.8. The van der Waals surface area contributed by atoms with Gasteiger partial charge in [-0.25, -0.2) is 14.6 Å². The third kappa shape index (κ3) is 5.09. The predicted molar refractivity (Wildman–Crippen MR) is 68.6 cm³/mol. The highest BCUT2D eigenvalue weighted by Gasteiger charge is 2.20. The Labute approximate surface area is 109 Å². The molecule has 1 atom stereocenters. The molecule has 4 N–H and O–H groups in total. The summed E-state index contributed by atoms with van der Waals surface area (Å²) in [6.45, 7) is 0.503. The van der Waals surface area contributed by atoms with Crippen LogP contribution in [0.25, 0.3) is 0 Å². The second kappa shape index (κ2) is 7.59. The molecule has 7 nitrogen and oxygen atoms in total. The Morgan fingerprint density at radius 1 is 1.61 bits per heavy atom. The van der Waals surface area contributed by atoms with Gasteiger partial charge in [0.25, 0.3) is 0 Å². The van der Waals surface area contributed by atoms with Gasteiger partial charge in [0.05, 0.1) is 6.33 Å². The van der Waals surface area contributed by atoms with Crippen molar-refractivity contribution in [2.45, 2.75) is 12.5 Å². The highest BCUT2D eigenvalue weighted by molar-refractivity contribution is 7.98. The van der Waals surface area contributed by atoms with Crippen LogP contribution in [0.1, 0.15) is 5.69 Å². The number of imidazole rings is 1. The zero-order valence-electron chi connectivity index (χ0n) is 9.97. The Bertz CT molecular complexity index is 382. The van der Waals surface area contributed by atoms with Crippen molar-refractivity contribution in [1.29, 1.82) is 0 Å². The van der Waals surface area contributed by atoms with Crippen LogP contribution >= 0.6 is 11.8 Å². The minimum atomic E-state index is -1.08. The van der Waals surface area contributed by atoms with Crippen molar-refractivity contribution in [3.63, 3.8) is 0 Å². The Morgan fingerprint density at radius 3 is 2.94 bits per heavy atom. The first-order valence-electron chi connectivity index (χ1n) is 5.37. The molecule has 0 bridgehead atoms. The molecule has 0 saturated carbocycles. The topological polar surface area (TPSA) is 107 Å². The lowest BCUT2D eigenvalue weighted by Gasteiger charge is -2.14. The smallest absolute Gasteiger partial charge is 0.326 e. The Balaban J connectivity index is 2.42. The lowest BCUT2D eigenvalue weighted by Crippen LogP contribution is -2.47. The van der Waals surface area contributed by atoms with Crippen LogP contribution < -0.4 is 10.6 Å². The minimum absolute atomic E-state index is 0.172. The molecule has 1 unspecified atom stereocenters. The monoisotopic (exact) mass is 272 g/mol. The van der Waals surface area contributed by atoms with Gasteiger partial charge in [-0.05, 0) is 6.26 Å². The molecule has 0 fully saturated rings. The van der Waals surface area contributed by atoms with E-state index in [4.69, 9.17) is 5.11 Å². The van der Waals surface area contributed by atoms with Gasteiger partial charge in [-0.2, -0.15) is 11.8 Å². The van der Waals surface area contributed by atoms with Crippen LogP contribution in [0.3, 0.4) is 0 Å². The number of carboxylic acids is 1. The lowest BCUT2D eigenvalue weighted by molar-refractivity contribution is -0.139. The van der Waals surface area contributed by atoms with Crippen LogP contribution in [0.4, 0.5) is 4.79 Å². The van der Waals surface area contributed by atoms with Gasteiger partial charge in [-0.3, -0.25) is 0 Å². The van der Waals surface area contributed by atoms with E-state index in [9.17, 15) is 9.59 Å². The van der Waals surface area contributed by atoms with Gasteiger partial charge < -0.3 is 20.7 Å².